The maximum absolute atomic E-state index is 13.0. The molecule has 0 fully saturated rings. The highest BCUT2D eigenvalue weighted by Gasteiger charge is 2.30. The fraction of sp³-hybridized carbons (Fsp3) is 0.222. The molecule has 148 valence electrons. The molecule has 1 aliphatic rings. The average molecular weight is 455 g/mol. The van der Waals surface area contributed by atoms with Gasteiger partial charge in [0.1, 0.15) is 8.42 Å². The molecule has 4 rings (SSSR count). The van der Waals surface area contributed by atoms with Gasteiger partial charge in [-0.3, -0.25) is 9.03 Å². The van der Waals surface area contributed by atoms with Crippen LogP contribution in [-0.2, 0) is 26.5 Å². The highest BCUT2D eigenvalue weighted by atomic mass is 32.3. The second-order valence-electron chi connectivity index (χ2n) is 6.45. The molecule has 3 aromatic rings. The van der Waals surface area contributed by atoms with Crippen LogP contribution in [0.25, 0.3) is 0 Å². The summed E-state index contributed by atoms with van der Waals surface area (Å²) in [5.41, 5.74) is 2.45. The number of nitrogens with zero attached hydrogens (tertiary/aromatic N) is 1. The molecule has 6 nitrogen and oxygen atoms in total. The molecule has 3 heterocycles. The van der Waals surface area contributed by atoms with E-state index in [0.717, 1.165) is 29.7 Å². The van der Waals surface area contributed by atoms with Gasteiger partial charge in [0.2, 0.25) is 0 Å². The Morgan fingerprint density at radius 3 is 2.54 bits per heavy atom. The van der Waals surface area contributed by atoms with E-state index < -0.39 is 20.0 Å². The lowest BCUT2D eigenvalue weighted by atomic mass is 10.0. The normalized spacial score (nSPS) is 14.7. The molecule has 0 amide bonds. The van der Waals surface area contributed by atoms with Gasteiger partial charge in [0.15, 0.2) is 0 Å². The molecule has 1 aliphatic heterocycles. The summed E-state index contributed by atoms with van der Waals surface area (Å²) in [5, 5.41) is 3.46. The number of thiophene rings is 2. The first-order valence-corrected chi connectivity index (χ1v) is 13.2. The quantitative estimate of drug-likeness (QED) is 0.630. The Kier molecular flexibility index (Phi) is 4.98. The standard InChI is InChI=1S/C18H18N2O4S4/c1-13-8-11-26-18(13)27(21,22)19-15-7-6-14-4-2-9-20(16(14)12-15)28(23,24)17-5-3-10-25-17/h3,5-8,10-12,19H,2,4,9H2,1H3. The van der Waals surface area contributed by atoms with Crippen molar-refractivity contribution in [3.05, 3.63) is 58.3 Å². The molecule has 0 saturated heterocycles. The molecule has 28 heavy (non-hydrogen) atoms. The number of fused-ring (bicyclic) bond motifs is 1. The Hall–Kier alpha value is -1.88. The van der Waals surface area contributed by atoms with Crippen molar-refractivity contribution in [3.63, 3.8) is 0 Å². The van der Waals surface area contributed by atoms with Crippen LogP contribution in [-0.4, -0.2) is 23.4 Å². The van der Waals surface area contributed by atoms with Gasteiger partial charge in [-0.1, -0.05) is 12.1 Å². The monoisotopic (exact) mass is 454 g/mol. The van der Waals surface area contributed by atoms with Gasteiger partial charge in [0.05, 0.1) is 11.4 Å². The minimum atomic E-state index is -3.72. The number of nitrogens with one attached hydrogen (secondary N) is 1. The second-order valence-corrected chi connectivity index (χ2v) is 12.3. The number of anilines is 2. The van der Waals surface area contributed by atoms with E-state index in [1.165, 1.54) is 15.6 Å². The Balaban J connectivity index is 1.72. The minimum absolute atomic E-state index is 0.258. The van der Waals surface area contributed by atoms with Crippen molar-refractivity contribution in [1.82, 2.24) is 0 Å². The van der Waals surface area contributed by atoms with Crippen LogP contribution in [0.1, 0.15) is 17.5 Å². The molecule has 2 aromatic heterocycles. The number of benzene rings is 1. The largest absolute Gasteiger partial charge is 0.279 e. The van der Waals surface area contributed by atoms with Crippen LogP contribution in [0, 0.1) is 6.92 Å². The van der Waals surface area contributed by atoms with E-state index in [1.807, 2.05) is 0 Å². The number of hydrogen-bond acceptors (Lipinski definition) is 6. The molecule has 0 bridgehead atoms. The van der Waals surface area contributed by atoms with E-state index in [9.17, 15) is 16.8 Å². The smallest absolute Gasteiger partial charge is 0.273 e. The number of hydrogen-bond donors (Lipinski definition) is 1. The van der Waals surface area contributed by atoms with Gasteiger partial charge in [-0.25, -0.2) is 16.8 Å². The fourth-order valence-corrected chi connectivity index (χ4v) is 8.32. The average Bonchev–Trinajstić information content (AvgIpc) is 3.33. The molecule has 0 spiro atoms. The summed E-state index contributed by atoms with van der Waals surface area (Å²) in [6.07, 6.45) is 1.47. The first-order chi connectivity index (χ1) is 13.3. The van der Waals surface area contributed by atoms with Crippen molar-refractivity contribution in [2.75, 3.05) is 15.6 Å². The molecule has 0 aliphatic carbocycles. The minimum Gasteiger partial charge on any atom is -0.279 e. The summed E-state index contributed by atoms with van der Waals surface area (Å²) in [6.45, 7) is 2.11. The number of aryl methyl sites for hydroxylation is 2. The zero-order chi connectivity index (χ0) is 19.9. The Morgan fingerprint density at radius 2 is 1.86 bits per heavy atom. The molecule has 0 saturated carbocycles. The van der Waals surface area contributed by atoms with E-state index in [4.69, 9.17) is 0 Å². The van der Waals surface area contributed by atoms with Gasteiger partial charge in [-0.05, 0) is 65.9 Å². The first-order valence-electron chi connectivity index (χ1n) is 8.55. The molecule has 0 unspecified atom stereocenters. The number of sulfonamides is 2. The molecular formula is C18H18N2O4S4. The van der Waals surface area contributed by atoms with Crippen molar-refractivity contribution in [3.8, 4) is 0 Å². The highest BCUT2D eigenvalue weighted by molar-refractivity contribution is 7.95. The molecule has 10 heteroatoms. The predicted octanol–water partition coefficient (Wildman–Crippen LogP) is 4.06. The van der Waals surface area contributed by atoms with Gasteiger partial charge < -0.3 is 0 Å². The fourth-order valence-electron chi connectivity index (χ4n) is 3.21. The summed E-state index contributed by atoms with van der Waals surface area (Å²) >= 11 is 2.32. The van der Waals surface area contributed by atoms with Crippen LogP contribution in [0.2, 0.25) is 0 Å². The highest BCUT2D eigenvalue weighted by Crippen LogP contribution is 2.36. The third-order valence-electron chi connectivity index (χ3n) is 4.51. The topological polar surface area (TPSA) is 83.6 Å². The third kappa shape index (κ3) is 3.45. The van der Waals surface area contributed by atoms with Crippen molar-refractivity contribution < 1.29 is 16.8 Å². The summed E-state index contributed by atoms with van der Waals surface area (Å²) in [5.74, 6) is 0. The van der Waals surface area contributed by atoms with Gasteiger partial charge >= 0.3 is 0 Å². The van der Waals surface area contributed by atoms with Gasteiger partial charge in [0, 0.05) is 6.54 Å². The van der Waals surface area contributed by atoms with E-state index >= 15 is 0 Å². The lowest BCUT2D eigenvalue weighted by molar-refractivity contribution is 0.588. The van der Waals surface area contributed by atoms with E-state index in [-0.39, 0.29) is 8.42 Å². The van der Waals surface area contributed by atoms with Crippen molar-refractivity contribution in [1.29, 1.82) is 0 Å². The van der Waals surface area contributed by atoms with Crippen LogP contribution in [0.4, 0.5) is 11.4 Å². The van der Waals surface area contributed by atoms with Gasteiger partial charge in [0.25, 0.3) is 20.0 Å². The van der Waals surface area contributed by atoms with Crippen LogP contribution in [0.15, 0.2) is 55.6 Å². The SMILES string of the molecule is Cc1ccsc1S(=O)(=O)Nc1ccc2c(c1)N(S(=O)(=O)c1cccs1)CCC2. The van der Waals surface area contributed by atoms with E-state index in [1.54, 1.807) is 54.1 Å². The lowest BCUT2D eigenvalue weighted by Gasteiger charge is -2.30. The van der Waals surface area contributed by atoms with Crippen LogP contribution >= 0.6 is 22.7 Å². The maximum Gasteiger partial charge on any atom is 0.273 e. The van der Waals surface area contributed by atoms with Crippen LogP contribution in [0.3, 0.4) is 0 Å². The molecule has 0 radical (unpaired) electrons. The molecule has 1 aromatic carbocycles. The second kappa shape index (κ2) is 7.18. The summed E-state index contributed by atoms with van der Waals surface area (Å²) < 4.78 is 55.9. The Bertz CT molecular complexity index is 1210. The van der Waals surface area contributed by atoms with E-state index in [2.05, 4.69) is 4.72 Å². The van der Waals surface area contributed by atoms with Crippen molar-refractivity contribution in [2.24, 2.45) is 0 Å². The van der Waals surface area contributed by atoms with Crippen LogP contribution < -0.4 is 9.03 Å². The summed E-state index contributed by atoms with van der Waals surface area (Å²) in [7, 11) is -7.39. The molecular weight excluding hydrogens is 436 g/mol. The van der Waals surface area contributed by atoms with Gasteiger partial charge in [-0.15, -0.1) is 22.7 Å². The van der Waals surface area contributed by atoms with E-state index in [0.29, 0.717) is 23.5 Å². The van der Waals surface area contributed by atoms with Crippen LogP contribution in [0.5, 0.6) is 0 Å². The molecule has 0 atom stereocenters. The number of rotatable bonds is 5. The summed E-state index contributed by atoms with van der Waals surface area (Å²) in [6, 6.07) is 10.1. The van der Waals surface area contributed by atoms with Crippen molar-refractivity contribution in [2.45, 2.75) is 28.2 Å². The first kappa shape index (κ1) is 19.4. The Morgan fingerprint density at radius 1 is 1.04 bits per heavy atom. The zero-order valence-electron chi connectivity index (χ0n) is 15.0. The zero-order valence-corrected chi connectivity index (χ0v) is 18.2. The third-order valence-corrected chi connectivity index (χ3v) is 10.8. The summed E-state index contributed by atoms with van der Waals surface area (Å²) in [4.78, 5) is 0. The maximum atomic E-state index is 13.0. The van der Waals surface area contributed by atoms with Crippen molar-refractivity contribution >= 4 is 54.1 Å². The predicted molar refractivity (Wildman–Crippen MR) is 113 cm³/mol. The lowest BCUT2D eigenvalue weighted by Crippen LogP contribution is -2.35. The van der Waals surface area contributed by atoms with Gasteiger partial charge in [-0.2, -0.15) is 0 Å². The molecule has 1 N–H and O–H groups in total. The Labute approximate surface area is 172 Å².